The van der Waals surface area contributed by atoms with Gasteiger partial charge in [-0.1, -0.05) is 0 Å². The summed E-state index contributed by atoms with van der Waals surface area (Å²) in [5.74, 6) is -0.509. The van der Waals surface area contributed by atoms with Crippen LogP contribution in [0.25, 0.3) is 0 Å². The molecule has 6 heteroatoms. The Balaban J connectivity index is 2.78. The van der Waals surface area contributed by atoms with Gasteiger partial charge in [0.15, 0.2) is 0 Å². The van der Waals surface area contributed by atoms with Gasteiger partial charge in [-0.2, -0.15) is 0 Å². The Bertz CT molecular complexity index is 347. The molecule has 0 saturated heterocycles. The molecule has 0 amide bonds. The molecule has 74 valence electrons. The maximum atomic E-state index is 11.0. The van der Waals surface area contributed by atoms with Crippen LogP contribution >= 0.6 is 0 Å². The zero-order chi connectivity index (χ0) is 10.6. The summed E-state index contributed by atoms with van der Waals surface area (Å²) in [5.41, 5.74) is 0.585. The number of pyridine rings is 1. The normalized spacial score (nSPS) is 9.50. The van der Waals surface area contributed by atoms with E-state index in [0.717, 1.165) is 0 Å². The molecule has 1 rings (SSSR count). The van der Waals surface area contributed by atoms with Gasteiger partial charge >= 0.3 is 5.97 Å². The molecule has 0 bridgehead atoms. The average Bonchev–Trinajstić information content (AvgIpc) is 2.17. The van der Waals surface area contributed by atoms with Crippen molar-refractivity contribution >= 4 is 5.97 Å². The summed E-state index contributed by atoms with van der Waals surface area (Å²) >= 11 is 0. The number of carbonyl (C=O) groups is 1. The molecule has 0 radical (unpaired) electrons. The molecule has 0 aliphatic carbocycles. The molecule has 1 aromatic rings. The van der Waals surface area contributed by atoms with Gasteiger partial charge in [0.2, 0.25) is 6.54 Å². The van der Waals surface area contributed by atoms with Crippen molar-refractivity contribution in [3.05, 3.63) is 39.7 Å². The van der Waals surface area contributed by atoms with Crippen molar-refractivity contribution in [2.24, 2.45) is 0 Å². The molecule has 14 heavy (non-hydrogen) atoms. The molecule has 0 atom stereocenters. The van der Waals surface area contributed by atoms with E-state index in [9.17, 15) is 14.9 Å². The highest BCUT2D eigenvalue weighted by Crippen LogP contribution is 2.02. The molecule has 1 heterocycles. The van der Waals surface area contributed by atoms with Crippen LogP contribution in [0.4, 0.5) is 0 Å². The van der Waals surface area contributed by atoms with Crippen LogP contribution < -0.4 is 0 Å². The fourth-order valence-corrected chi connectivity index (χ4v) is 0.889. The first kappa shape index (κ1) is 10.1. The number of aromatic nitrogens is 1. The summed E-state index contributed by atoms with van der Waals surface area (Å²) in [5, 5.41) is 10.1. The molecule has 0 unspecified atom stereocenters. The SMILES string of the molecule is COC(=O)c1ccc(C[N+](=O)[O-])nc1. The maximum Gasteiger partial charge on any atom is 0.339 e. The minimum atomic E-state index is -0.509. The topological polar surface area (TPSA) is 82.3 Å². The van der Waals surface area contributed by atoms with Crippen LogP contribution in [0.5, 0.6) is 0 Å². The first-order chi connectivity index (χ1) is 6.63. The third kappa shape index (κ3) is 2.51. The highest BCUT2D eigenvalue weighted by molar-refractivity contribution is 5.88. The summed E-state index contributed by atoms with van der Waals surface area (Å²) in [6.45, 7) is -0.346. The van der Waals surface area contributed by atoms with Gasteiger partial charge in [0.25, 0.3) is 0 Å². The number of rotatable bonds is 3. The lowest BCUT2D eigenvalue weighted by Gasteiger charge is -1.98. The molecular formula is C8H8N2O4. The molecule has 0 N–H and O–H groups in total. The van der Waals surface area contributed by atoms with E-state index >= 15 is 0 Å². The Labute approximate surface area is 79.7 Å². The summed E-state index contributed by atoms with van der Waals surface area (Å²) < 4.78 is 4.44. The number of carbonyl (C=O) groups excluding carboxylic acids is 1. The zero-order valence-electron chi connectivity index (χ0n) is 7.47. The van der Waals surface area contributed by atoms with E-state index < -0.39 is 10.9 Å². The summed E-state index contributed by atoms with van der Waals surface area (Å²) in [7, 11) is 1.26. The number of ether oxygens (including phenoxy) is 1. The lowest BCUT2D eigenvalue weighted by atomic mass is 10.2. The molecule has 0 fully saturated rings. The molecule has 1 aromatic heterocycles. The molecule has 0 aromatic carbocycles. The summed E-state index contributed by atoms with van der Waals surface area (Å²) in [6.07, 6.45) is 1.25. The second-order valence-electron chi connectivity index (χ2n) is 2.52. The molecular weight excluding hydrogens is 188 g/mol. The van der Waals surface area contributed by atoms with Crippen molar-refractivity contribution in [3.63, 3.8) is 0 Å². The quantitative estimate of drug-likeness (QED) is 0.402. The first-order valence-electron chi connectivity index (χ1n) is 3.78. The predicted molar refractivity (Wildman–Crippen MR) is 46.3 cm³/mol. The van der Waals surface area contributed by atoms with Crippen molar-refractivity contribution in [3.8, 4) is 0 Å². The first-order valence-corrected chi connectivity index (χ1v) is 3.78. The minimum Gasteiger partial charge on any atom is -0.465 e. The van der Waals surface area contributed by atoms with Crippen LogP contribution in [0.1, 0.15) is 16.1 Å². The Hall–Kier alpha value is -1.98. The van der Waals surface area contributed by atoms with Gasteiger partial charge in [-0.05, 0) is 12.1 Å². The van der Waals surface area contributed by atoms with Crippen molar-refractivity contribution < 1.29 is 14.5 Å². The van der Waals surface area contributed by atoms with Crippen LogP contribution in [-0.4, -0.2) is 23.0 Å². The summed E-state index contributed by atoms with van der Waals surface area (Å²) in [6, 6.07) is 2.87. The fraction of sp³-hybridized carbons (Fsp3) is 0.250. The van der Waals surface area contributed by atoms with Crippen molar-refractivity contribution in [2.75, 3.05) is 7.11 Å². The van der Waals surface area contributed by atoms with Gasteiger partial charge in [-0.3, -0.25) is 15.1 Å². The molecule has 6 nitrogen and oxygen atoms in total. The van der Waals surface area contributed by atoms with Crippen molar-refractivity contribution in [1.82, 2.24) is 4.98 Å². The number of hydrogen-bond donors (Lipinski definition) is 0. The highest BCUT2D eigenvalue weighted by Gasteiger charge is 2.07. The van der Waals surface area contributed by atoms with Crippen LogP contribution in [0.2, 0.25) is 0 Å². The molecule has 0 saturated carbocycles. The number of esters is 1. The minimum absolute atomic E-state index is 0.277. The molecule has 0 spiro atoms. The smallest absolute Gasteiger partial charge is 0.339 e. The van der Waals surface area contributed by atoms with E-state index in [-0.39, 0.29) is 12.1 Å². The largest absolute Gasteiger partial charge is 0.465 e. The third-order valence-electron chi connectivity index (χ3n) is 1.54. The van der Waals surface area contributed by atoms with E-state index in [1.165, 1.54) is 25.4 Å². The standard InChI is InChI=1S/C8H8N2O4/c1-14-8(11)6-2-3-7(9-4-6)5-10(12)13/h2-4H,5H2,1H3. The van der Waals surface area contributed by atoms with Crippen LogP contribution in [0.3, 0.4) is 0 Å². The third-order valence-corrected chi connectivity index (χ3v) is 1.54. The van der Waals surface area contributed by atoms with Gasteiger partial charge in [0, 0.05) is 11.1 Å². The second-order valence-corrected chi connectivity index (χ2v) is 2.52. The monoisotopic (exact) mass is 196 g/mol. The predicted octanol–water partition coefficient (Wildman–Crippen LogP) is 0.645. The van der Waals surface area contributed by atoms with Crippen LogP contribution in [-0.2, 0) is 11.3 Å². The average molecular weight is 196 g/mol. The number of nitro groups is 1. The van der Waals surface area contributed by atoms with Gasteiger partial charge < -0.3 is 4.74 Å². The van der Waals surface area contributed by atoms with E-state index in [4.69, 9.17) is 0 Å². The highest BCUT2D eigenvalue weighted by atomic mass is 16.6. The Morgan fingerprint density at radius 3 is 2.79 bits per heavy atom. The number of methoxy groups -OCH3 is 1. The Kier molecular flexibility index (Phi) is 3.11. The van der Waals surface area contributed by atoms with Crippen molar-refractivity contribution in [1.29, 1.82) is 0 Å². The van der Waals surface area contributed by atoms with Crippen molar-refractivity contribution in [2.45, 2.75) is 6.54 Å². The van der Waals surface area contributed by atoms with Gasteiger partial charge in [0.05, 0.1) is 12.7 Å². The molecule has 0 aliphatic rings. The summed E-state index contributed by atoms with van der Waals surface area (Å²) in [4.78, 5) is 24.3. The Morgan fingerprint density at radius 1 is 1.64 bits per heavy atom. The Morgan fingerprint density at radius 2 is 2.36 bits per heavy atom. The lowest BCUT2D eigenvalue weighted by Crippen LogP contribution is -2.04. The van der Waals surface area contributed by atoms with Gasteiger partial charge in [0.1, 0.15) is 5.69 Å². The molecule has 0 aliphatic heterocycles. The van der Waals surface area contributed by atoms with E-state index in [2.05, 4.69) is 9.72 Å². The zero-order valence-corrected chi connectivity index (χ0v) is 7.47. The fourth-order valence-electron chi connectivity index (χ4n) is 0.889. The lowest BCUT2D eigenvalue weighted by molar-refractivity contribution is -0.497. The number of hydrogen-bond acceptors (Lipinski definition) is 5. The van der Waals surface area contributed by atoms with E-state index in [1.807, 2.05) is 0 Å². The van der Waals surface area contributed by atoms with Crippen LogP contribution in [0.15, 0.2) is 18.3 Å². The maximum absolute atomic E-state index is 11.0. The second kappa shape index (κ2) is 4.31. The number of nitrogens with zero attached hydrogens (tertiary/aromatic N) is 2. The van der Waals surface area contributed by atoms with Gasteiger partial charge in [-0.15, -0.1) is 0 Å². The van der Waals surface area contributed by atoms with Crippen LogP contribution in [0, 0.1) is 10.1 Å². The van der Waals surface area contributed by atoms with E-state index in [0.29, 0.717) is 5.69 Å². The van der Waals surface area contributed by atoms with E-state index in [1.54, 1.807) is 0 Å². The van der Waals surface area contributed by atoms with Gasteiger partial charge in [-0.25, -0.2) is 4.79 Å².